The van der Waals surface area contributed by atoms with Crippen LogP contribution in [-0.2, 0) is 6.54 Å². The molecule has 0 aliphatic carbocycles. The standard InChI is InChI=1S/C9H14ClN3O2/c1-3-13-8(10)7(6(2)12-13)9(15)11-4-5-14/h14H,3-5H2,1-2H3,(H,11,15). The van der Waals surface area contributed by atoms with Crippen LogP contribution in [0.5, 0.6) is 0 Å². The minimum absolute atomic E-state index is 0.0929. The Morgan fingerprint density at radius 3 is 2.80 bits per heavy atom. The first-order valence-electron chi connectivity index (χ1n) is 4.73. The second-order valence-electron chi connectivity index (χ2n) is 3.05. The highest BCUT2D eigenvalue weighted by molar-refractivity contribution is 6.33. The van der Waals surface area contributed by atoms with Gasteiger partial charge in [0.2, 0.25) is 0 Å². The molecule has 0 atom stereocenters. The van der Waals surface area contributed by atoms with Crippen molar-refractivity contribution in [2.45, 2.75) is 20.4 Å². The normalized spacial score (nSPS) is 10.4. The summed E-state index contributed by atoms with van der Waals surface area (Å²) in [4.78, 5) is 11.6. The summed E-state index contributed by atoms with van der Waals surface area (Å²) in [5.41, 5.74) is 0.976. The van der Waals surface area contributed by atoms with Crippen molar-refractivity contribution < 1.29 is 9.90 Å². The first-order chi connectivity index (χ1) is 7.11. The molecule has 0 aromatic carbocycles. The van der Waals surface area contributed by atoms with Crippen LogP contribution in [-0.4, -0.2) is 33.9 Å². The van der Waals surface area contributed by atoms with E-state index in [2.05, 4.69) is 10.4 Å². The average molecular weight is 232 g/mol. The molecule has 0 spiro atoms. The fraction of sp³-hybridized carbons (Fsp3) is 0.556. The number of hydrogen-bond donors (Lipinski definition) is 2. The van der Waals surface area contributed by atoms with Crippen LogP contribution >= 0.6 is 11.6 Å². The molecule has 2 N–H and O–H groups in total. The zero-order valence-electron chi connectivity index (χ0n) is 8.75. The predicted octanol–water partition coefficient (Wildman–Crippen LogP) is 0.587. The Morgan fingerprint density at radius 2 is 2.33 bits per heavy atom. The van der Waals surface area contributed by atoms with E-state index < -0.39 is 0 Å². The molecule has 5 nitrogen and oxygen atoms in total. The van der Waals surface area contributed by atoms with Crippen LogP contribution in [0.2, 0.25) is 5.15 Å². The maximum Gasteiger partial charge on any atom is 0.256 e. The molecule has 0 radical (unpaired) electrons. The third-order valence-corrected chi connectivity index (χ3v) is 2.37. The Hall–Kier alpha value is -1.07. The maximum atomic E-state index is 11.6. The van der Waals surface area contributed by atoms with Crippen molar-refractivity contribution in [1.29, 1.82) is 0 Å². The second-order valence-corrected chi connectivity index (χ2v) is 3.40. The number of hydrogen-bond acceptors (Lipinski definition) is 3. The van der Waals surface area contributed by atoms with E-state index in [4.69, 9.17) is 16.7 Å². The number of aryl methyl sites for hydroxylation is 2. The zero-order valence-corrected chi connectivity index (χ0v) is 9.51. The lowest BCUT2D eigenvalue weighted by Gasteiger charge is -2.02. The van der Waals surface area contributed by atoms with Crippen LogP contribution in [0, 0.1) is 6.92 Å². The number of carbonyl (C=O) groups is 1. The molecule has 1 amide bonds. The van der Waals surface area contributed by atoms with Crippen molar-refractivity contribution in [3.05, 3.63) is 16.4 Å². The number of nitrogens with zero attached hydrogens (tertiary/aromatic N) is 2. The smallest absolute Gasteiger partial charge is 0.256 e. The fourth-order valence-corrected chi connectivity index (χ4v) is 1.66. The van der Waals surface area contributed by atoms with Gasteiger partial charge in [-0.3, -0.25) is 9.48 Å². The minimum atomic E-state index is -0.300. The third kappa shape index (κ3) is 2.49. The van der Waals surface area contributed by atoms with Gasteiger partial charge in [0.15, 0.2) is 0 Å². The number of halogens is 1. The van der Waals surface area contributed by atoms with E-state index in [1.807, 2.05) is 6.92 Å². The molecular formula is C9H14ClN3O2. The lowest BCUT2D eigenvalue weighted by atomic mass is 10.2. The SMILES string of the molecule is CCn1nc(C)c(C(=O)NCCO)c1Cl. The topological polar surface area (TPSA) is 67.2 Å². The van der Waals surface area contributed by atoms with Crippen LogP contribution in [0.25, 0.3) is 0 Å². The molecule has 1 aromatic rings. The maximum absolute atomic E-state index is 11.6. The number of amides is 1. The van der Waals surface area contributed by atoms with E-state index in [9.17, 15) is 4.79 Å². The molecule has 1 heterocycles. The third-order valence-electron chi connectivity index (χ3n) is 1.99. The van der Waals surface area contributed by atoms with Gasteiger partial charge in [-0.25, -0.2) is 0 Å². The van der Waals surface area contributed by atoms with E-state index in [-0.39, 0.29) is 19.1 Å². The lowest BCUT2D eigenvalue weighted by Crippen LogP contribution is -2.26. The molecule has 0 saturated heterocycles. The molecule has 0 fully saturated rings. The highest BCUT2D eigenvalue weighted by atomic mass is 35.5. The largest absolute Gasteiger partial charge is 0.395 e. The van der Waals surface area contributed by atoms with Gasteiger partial charge < -0.3 is 10.4 Å². The molecule has 0 bridgehead atoms. The van der Waals surface area contributed by atoms with Crippen LogP contribution in [0.3, 0.4) is 0 Å². The molecule has 6 heteroatoms. The van der Waals surface area contributed by atoms with Gasteiger partial charge in [-0.05, 0) is 13.8 Å². The van der Waals surface area contributed by atoms with E-state index in [1.165, 1.54) is 0 Å². The second kappa shape index (κ2) is 5.14. The molecule has 0 unspecified atom stereocenters. The van der Waals surface area contributed by atoms with E-state index in [0.29, 0.717) is 23.0 Å². The van der Waals surface area contributed by atoms with E-state index in [0.717, 1.165) is 0 Å². The quantitative estimate of drug-likeness (QED) is 0.797. The van der Waals surface area contributed by atoms with Gasteiger partial charge >= 0.3 is 0 Å². The molecule has 0 aliphatic rings. The summed E-state index contributed by atoms with van der Waals surface area (Å²) in [6, 6.07) is 0. The molecule has 84 valence electrons. The summed E-state index contributed by atoms with van der Waals surface area (Å²) >= 11 is 5.98. The first-order valence-corrected chi connectivity index (χ1v) is 5.11. The van der Waals surface area contributed by atoms with Crippen LogP contribution in [0.15, 0.2) is 0 Å². The average Bonchev–Trinajstić information content (AvgIpc) is 2.50. The van der Waals surface area contributed by atoms with E-state index in [1.54, 1.807) is 11.6 Å². The number of carbonyl (C=O) groups excluding carboxylic acids is 1. The number of aliphatic hydroxyl groups is 1. The van der Waals surface area contributed by atoms with Gasteiger partial charge in [-0.15, -0.1) is 0 Å². The van der Waals surface area contributed by atoms with Gasteiger partial charge in [0.1, 0.15) is 5.15 Å². The number of aromatic nitrogens is 2. The Bertz CT molecular complexity index is 362. The summed E-state index contributed by atoms with van der Waals surface area (Å²) in [5.74, 6) is -0.300. The minimum Gasteiger partial charge on any atom is -0.395 e. The fourth-order valence-electron chi connectivity index (χ4n) is 1.28. The highest BCUT2D eigenvalue weighted by Crippen LogP contribution is 2.19. The summed E-state index contributed by atoms with van der Waals surface area (Å²) in [7, 11) is 0. The molecule has 1 rings (SSSR count). The van der Waals surface area contributed by atoms with Crippen LogP contribution in [0.1, 0.15) is 23.0 Å². The first kappa shape index (κ1) is 12.0. The monoisotopic (exact) mass is 231 g/mol. The summed E-state index contributed by atoms with van der Waals surface area (Å²) in [6.45, 7) is 4.36. The van der Waals surface area contributed by atoms with Crippen molar-refractivity contribution >= 4 is 17.5 Å². The van der Waals surface area contributed by atoms with Crippen LogP contribution < -0.4 is 5.32 Å². The summed E-state index contributed by atoms with van der Waals surface area (Å²) < 4.78 is 1.56. The van der Waals surface area contributed by atoms with Crippen molar-refractivity contribution in [3.63, 3.8) is 0 Å². The number of aliphatic hydroxyl groups excluding tert-OH is 1. The summed E-state index contributed by atoms with van der Waals surface area (Å²) in [6.07, 6.45) is 0. The molecular weight excluding hydrogens is 218 g/mol. The number of rotatable bonds is 4. The predicted molar refractivity (Wildman–Crippen MR) is 57.1 cm³/mol. The van der Waals surface area contributed by atoms with Crippen molar-refractivity contribution in [2.75, 3.05) is 13.2 Å². The molecule has 0 saturated carbocycles. The van der Waals surface area contributed by atoms with Crippen molar-refractivity contribution in [1.82, 2.24) is 15.1 Å². The Labute approximate surface area is 93.0 Å². The van der Waals surface area contributed by atoms with E-state index >= 15 is 0 Å². The summed E-state index contributed by atoms with van der Waals surface area (Å²) in [5, 5.41) is 15.6. The molecule has 1 aromatic heterocycles. The Morgan fingerprint density at radius 1 is 1.67 bits per heavy atom. The Kier molecular flexibility index (Phi) is 4.11. The van der Waals surface area contributed by atoms with Gasteiger partial charge in [-0.2, -0.15) is 5.10 Å². The van der Waals surface area contributed by atoms with Gasteiger partial charge in [-0.1, -0.05) is 11.6 Å². The van der Waals surface area contributed by atoms with Crippen molar-refractivity contribution in [2.24, 2.45) is 0 Å². The number of nitrogens with one attached hydrogen (secondary N) is 1. The highest BCUT2D eigenvalue weighted by Gasteiger charge is 2.18. The molecule has 15 heavy (non-hydrogen) atoms. The zero-order chi connectivity index (χ0) is 11.4. The lowest BCUT2D eigenvalue weighted by molar-refractivity contribution is 0.0944. The molecule has 0 aliphatic heterocycles. The van der Waals surface area contributed by atoms with Crippen molar-refractivity contribution in [3.8, 4) is 0 Å². The Balaban J connectivity index is 2.93. The van der Waals surface area contributed by atoms with Gasteiger partial charge in [0, 0.05) is 13.1 Å². The van der Waals surface area contributed by atoms with Crippen LogP contribution in [0.4, 0.5) is 0 Å². The van der Waals surface area contributed by atoms with Gasteiger partial charge in [0.05, 0.1) is 17.9 Å². The van der Waals surface area contributed by atoms with Gasteiger partial charge in [0.25, 0.3) is 5.91 Å².